The van der Waals surface area contributed by atoms with E-state index in [1.165, 1.54) is 5.56 Å². The van der Waals surface area contributed by atoms with Crippen molar-refractivity contribution >= 4 is 5.57 Å². The van der Waals surface area contributed by atoms with Crippen LogP contribution in [0.2, 0.25) is 0 Å². The Kier molecular flexibility index (Phi) is 4.80. The molecular formula is C23H25NO. The Balaban J connectivity index is 1.98. The van der Waals surface area contributed by atoms with Gasteiger partial charge in [0.1, 0.15) is 5.75 Å². The van der Waals surface area contributed by atoms with Crippen LogP contribution in [0.5, 0.6) is 5.75 Å². The van der Waals surface area contributed by atoms with Gasteiger partial charge in [-0.05, 0) is 55.2 Å². The van der Waals surface area contributed by atoms with E-state index in [2.05, 4.69) is 67.8 Å². The first-order valence-corrected chi connectivity index (χ1v) is 8.75. The number of phenolic OH excluding ortho intramolecular Hbond substituents is 1. The summed E-state index contributed by atoms with van der Waals surface area (Å²) < 4.78 is 0. The van der Waals surface area contributed by atoms with Crippen molar-refractivity contribution in [3.8, 4) is 16.9 Å². The van der Waals surface area contributed by atoms with Crippen molar-refractivity contribution in [3.05, 3.63) is 83.6 Å². The van der Waals surface area contributed by atoms with E-state index in [1.807, 2.05) is 19.1 Å². The van der Waals surface area contributed by atoms with Gasteiger partial charge in [0.2, 0.25) is 0 Å². The highest BCUT2D eigenvalue weighted by molar-refractivity contribution is 5.79. The van der Waals surface area contributed by atoms with E-state index in [0.29, 0.717) is 5.75 Å². The number of phenols is 1. The lowest BCUT2D eigenvalue weighted by Crippen LogP contribution is -2.28. The van der Waals surface area contributed by atoms with Gasteiger partial charge in [0.05, 0.1) is 0 Å². The first kappa shape index (κ1) is 17.1. The molecule has 0 aromatic heterocycles. The van der Waals surface area contributed by atoms with E-state index < -0.39 is 0 Å². The van der Waals surface area contributed by atoms with E-state index in [4.69, 9.17) is 0 Å². The molecule has 2 aromatic rings. The molecule has 0 atom stereocenters. The van der Waals surface area contributed by atoms with Crippen LogP contribution in [0.15, 0.2) is 72.5 Å². The predicted octanol–water partition coefficient (Wildman–Crippen LogP) is 5.55. The largest absolute Gasteiger partial charge is 0.507 e. The van der Waals surface area contributed by atoms with Crippen molar-refractivity contribution in [3.63, 3.8) is 0 Å². The SMILES string of the molecule is C=C1C(=CC)C=C(c2ccc(-c3ccc(C)cc3)cc2O)CN1CC. The maximum atomic E-state index is 10.6. The highest BCUT2D eigenvalue weighted by Gasteiger charge is 2.20. The summed E-state index contributed by atoms with van der Waals surface area (Å²) in [4.78, 5) is 2.23. The summed E-state index contributed by atoms with van der Waals surface area (Å²) in [5, 5.41) is 10.6. The number of nitrogens with zero attached hydrogens (tertiary/aromatic N) is 1. The zero-order chi connectivity index (χ0) is 18.0. The summed E-state index contributed by atoms with van der Waals surface area (Å²) in [6.45, 7) is 12.1. The van der Waals surface area contributed by atoms with Crippen LogP contribution in [0.3, 0.4) is 0 Å². The fraction of sp³-hybridized carbons (Fsp3) is 0.217. The van der Waals surface area contributed by atoms with Crippen molar-refractivity contribution in [1.82, 2.24) is 4.90 Å². The minimum Gasteiger partial charge on any atom is -0.507 e. The first-order chi connectivity index (χ1) is 12.0. The molecule has 1 heterocycles. The van der Waals surface area contributed by atoms with Crippen LogP contribution in [-0.2, 0) is 0 Å². The van der Waals surface area contributed by atoms with Crippen LogP contribution < -0.4 is 0 Å². The van der Waals surface area contributed by atoms with Crippen LogP contribution in [-0.4, -0.2) is 23.1 Å². The molecule has 0 saturated heterocycles. The lowest BCUT2D eigenvalue weighted by atomic mass is 9.94. The average molecular weight is 331 g/mol. The van der Waals surface area contributed by atoms with E-state index >= 15 is 0 Å². The normalized spacial score (nSPS) is 16.3. The summed E-state index contributed by atoms with van der Waals surface area (Å²) in [5.41, 5.74) is 7.55. The maximum absolute atomic E-state index is 10.6. The number of aryl methyl sites for hydroxylation is 1. The second kappa shape index (κ2) is 7.02. The fourth-order valence-corrected chi connectivity index (χ4v) is 3.24. The summed E-state index contributed by atoms with van der Waals surface area (Å²) in [5.74, 6) is 0.323. The Morgan fingerprint density at radius 3 is 2.40 bits per heavy atom. The zero-order valence-electron chi connectivity index (χ0n) is 15.2. The molecule has 3 rings (SSSR count). The smallest absolute Gasteiger partial charge is 0.123 e. The van der Waals surface area contributed by atoms with Gasteiger partial charge in [0.25, 0.3) is 0 Å². The molecule has 0 unspecified atom stereocenters. The number of likely N-dealkylation sites (N-methyl/N-ethyl adjacent to an activating group) is 1. The van der Waals surface area contributed by atoms with Gasteiger partial charge in [-0.3, -0.25) is 0 Å². The summed E-state index contributed by atoms with van der Waals surface area (Å²) >= 11 is 0. The van der Waals surface area contributed by atoms with Gasteiger partial charge in [0.15, 0.2) is 0 Å². The molecule has 1 aliphatic rings. The highest BCUT2D eigenvalue weighted by atomic mass is 16.3. The van der Waals surface area contributed by atoms with Gasteiger partial charge < -0.3 is 10.0 Å². The third kappa shape index (κ3) is 3.39. The number of hydrogen-bond donors (Lipinski definition) is 1. The molecule has 0 spiro atoms. The number of hydrogen-bond acceptors (Lipinski definition) is 2. The molecule has 0 fully saturated rings. The molecule has 25 heavy (non-hydrogen) atoms. The van der Waals surface area contributed by atoms with Gasteiger partial charge >= 0.3 is 0 Å². The minimum atomic E-state index is 0.323. The van der Waals surface area contributed by atoms with Crippen molar-refractivity contribution in [2.75, 3.05) is 13.1 Å². The highest BCUT2D eigenvalue weighted by Crippen LogP contribution is 2.35. The van der Waals surface area contributed by atoms with Gasteiger partial charge in [-0.1, -0.05) is 54.6 Å². The van der Waals surface area contributed by atoms with Crippen LogP contribution in [0.1, 0.15) is 25.0 Å². The second-order valence-corrected chi connectivity index (χ2v) is 6.47. The molecule has 128 valence electrons. The molecule has 1 N–H and O–H groups in total. The quantitative estimate of drug-likeness (QED) is 0.797. The number of rotatable bonds is 3. The molecular weight excluding hydrogens is 306 g/mol. The Bertz CT molecular complexity index is 856. The molecule has 2 aromatic carbocycles. The molecule has 2 nitrogen and oxygen atoms in total. The molecule has 0 bridgehead atoms. The molecule has 2 heteroatoms. The Morgan fingerprint density at radius 1 is 1.12 bits per heavy atom. The molecule has 0 saturated carbocycles. The van der Waals surface area contributed by atoms with E-state index in [-0.39, 0.29) is 0 Å². The van der Waals surface area contributed by atoms with Crippen LogP contribution >= 0.6 is 0 Å². The molecule has 0 aliphatic carbocycles. The second-order valence-electron chi connectivity index (χ2n) is 6.47. The Hall–Kier alpha value is -2.74. The lowest BCUT2D eigenvalue weighted by Gasteiger charge is -2.32. The Morgan fingerprint density at radius 2 is 1.80 bits per heavy atom. The third-order valence-corrected chi connectivity index (χ3v) is 4.83. The number of allylic oxidation sites excluding steroid dienone is 2. The Labute approximate surface area is 150 Å². The fourth-order valence-electron chi connectivity index (χ4n) is 3.24. The summed E-state index contributed by atoms with van der Waals surface area (Å²) in [6, 6.07) is 14.3. The summed E-state index contributed by atoms with van der Waals surface area (Å²) in [6.07, 6.45) is 4.21. The zero-order valence-corrected chi connectivity index (χ0v) is 15.2. The van der Waals surface area contributed by atoms with Gasteiger partial charge in [-0.25, -0.2) is 0 Å². The van der Waals surface area contributed by atoms with Gasteiger partial charge in [0, 0.05) is 24.4 Å². The minimum absolute atomic E-state index is 0.323. The van der Waals surface area contributed by atoms with Gasteiger partial charge in [-0.15, -0.1) is 0 Å². The standard InChI is InChI=1S/C23H25NO/c1-5-18-13-21(15-24(6-2)17(18)4)22-12-11-20(14-23(22)25)19-9-7-16(3)8-10-19/h5,7-14,25H,4,6,15H2,1-3H3. The average Bonchev–Trinajstić information content (AvgIpc) is 2.62. The number of benzene rings is 2. The van der Waals surface area contributed by atoms with Crippen LogP contribution in [0.4, 0.5) is 0 Å². The lowest BCUT2D eigenvalue weighted by molar-refractivity contribution is 0.410. The predicted molar refractivity (Wildman–Crippen MR) is 106 cm³/mol. The van der Waals surface area contributed by atoms with E-state index in [9.17, 15) is 5.11 Å². The topological polar surface area (TPSA) is 23.5 Å². The monoisotopic (exact) mass is 331 g/mol. The molecule has 0 radical (unpaired) electrons. The van der Waals surface area contributed by atoms with Gasteiger partial charge in [-0.2, -0.15) is 0 Å². The molecule has 1 aliphatic heterocycles. The summed E-state index contributed by atoms with van der Waals surface area (Å²) in [7, 11) is 0. The first-order valence-electron chi connectivity index (χ1n) is 8.75. The van der Waals surface area contributed by atoms with Crippen molar-refractivity contribution in [2.24, 2.45) is 0 Å². The van der Waals surface area contributed by atoms with Crippen molar-refractivity contribution < 1.29 is 5.11 Å². The maximum Gasteiger partial charge on any atom is 0.123 e. The van der Waals surface area contributed by atoms with Crippen LogP contribution in [0.25, 0.3) is 16.7 Å². The number of aromatic hydroxyl groups is 1. The van der Waals surface area contributed by atoms with Crippen LogP contribution in [0, 0.1) is 6.92 Å². The van der Waals surface area contributed by atoms with Crippen molar-refractivity contribution in [2.45, 2.75) is 20.8 Å². The van der Waals surface area contributed by atoms with E-state index in [1.54, 1.807) is 0 Å². The third-order valence-electron chi connectivity index (χ3n) is 4.83. The molecule has 0 amide bonds. The van der Waals surface area contributed by atoms with Crippen molar-refractivity contribution in [1.29, 1.82) is 0 Å². The van der Waals surface area contributed by atoms with E-state index in [0.717, 1.165) is 46.6 Å².